The van der Waals surface area contributed by atoms with E-state index in [1.165, 1.54) is 37.7 Å². The molecule has 0 saturated heterocycles. The van der Waals surface area contributed by atoms with Crippen LogP contribution in [0.2, 0.25) is 0 Å². The SMILES string of the molecule is CCCCCCCCC1=CCC(=O)[C@@H]1CC=CCCC(O)C(=O)O. The summed E-state index contributed by atoms with van der Waals surface area (Å²) >= 11 is 0. The molecule has 1 unspecified atom stereocenters. The van der Waals surface area contributed by atoms with Crippen LogP contribution >= 0.6 is 0 Å². The molecule has 1 aliphatic rings. The van der Waals surface area contributed by atoms with Crippen LogP contribution in [0.4, 0.5) is 0 Å². The average Bonchev–Trinajstić information content (AvgIpc) is 2.90. The number of Topliss-reactive ketones (excluding diaryl/α,β-unsaturated/α-hetero) is 1. The van der Waals surface area contributed by atoms with Gasteiger partial charge >= 0.3 is 5.97 Å². The number of rotatable bonds is 13. The highest BCUT2D eigenvalue weighted by atomic mass is 16.4. The lowest BCUT2D eigenvalue weighted by molar-refractivity contribution is -0.146. The summed E-state index contributed by atoms with van der Waals surface area (Å²) in [4.78, 5) is 22.5. The van der Waals surface area contributed by atoms with Gasteiger partial charge in [0.25, 0.3) is 0 Å². The number of carbonyl (C=O) groups excluding carboxylic acids is 1. The van der Waals surface area contributed by atoms with Crippen LogP contribution in [-0.4, -0.2) is 28.1 Å². The molecule has 2 atom stereocenters. The summed E-state index contributed by atoms with van der Waals surface area (Å²) in [7, 11) is 0. The second kappa shape index (κ2) is 12.0. The third kappa shape index (κ3) is 7.91. The summed E-state index contributed by atoms with van der Waals surface area (Å²) < 4.78 is 0. The number of aliphatic hydroxyl groups is 1. The predicted octanol–water partition coefficient (Wildman–Crippen LogP) is 4.42. The Morgan fingerprint density at radius 3 is 2.67 bits per heavy atom. The van der Waals surface area contributed by atoms with Gasteiger partial charge in [0.15, 0.2) is 6.10 Å². The zero-order valence-corrected chi connectivity index (χ0v) is 14.9. The number of unbranched alkanes of at least 4 members (excludes halogenated alkanes) is 5. The second-order valence-corrected chi connectivity index (χ2v) is 6.66. The molecule has 4 heteroatoms. The van der Waals surface area contributed by atoms with Crippen molar-refractivity contribution in [2.45, 2.75) is 83.7 Å². The molecular formula is C20H32O4. The lowest BCUT2D eigenvalue weighted by Gasteiger charge is -2.12. The fourth-order valence-corrected chi connectivity index (χ4v) is 3.12. The molecule has 136 valence electrons. The van der Waals surface area contributed by atoms with E-state index in [0.29, 0.717) is 25.0 Å². The summed E-state index contributed by atoms with van der Waals surface area (Å²) in [6.45, 7) is 2.22. The highest BCUT2D eigenvalue weighted by Gasteiger charge is 2.25. The first-order valence-electron chi connectivity index (χ1n) is 9.33. The molecule has 0 radical (unpaired) electrons. The quantitative estimate of drug-likeness (QED) is 0.385. The van der Waals surface area contributed by atoms with Gasteiger partial charge in [-0.15, -0.1) is 0 Å². The van der Waals surface area contributed by atoms with E-state index in [9.17, 15) is 14.7 Å². The van der Waals surface area contributed by atoms with Crippen molar-refractivity contribution in [3.8, 4) is 0 Å². The Kier molecular flexibility index (Phi) is 10.3. The van der Waals surface area contributed by atoms with Crippen molar-refractivity contribution in [1.29, 1.82) is 0 Å². The van der Waals surface area contributed by atoms with Crippen LogP contribution in [0.25, 0.3) is 0 Å². The molecule has 24 heavy (non-hydrogen) atoms. The number of aliphatic hydroxyl groups excluding tert-OH is 1. The molecule has 0 spiro atoms. The van der Waals surface area contributed by atoms with Crippen LogP contribution in [0.15, 0.2) is 23.8 Å². The van der Waals surface area contributed by atoms with E-state index in [-0.39, 0.29) is 12.3 Å². The van der Waals surface area contributed by atoms with E-state index < -0.39 is 12.1 Å². The predicted molar refractivity (Wildman–Crippen MR) is 95.8 cm³/mol. The van der Waals surface area contributed by atoms with Gasteiger partial charge in [-0.25, -0.2) is 4.79 Å². The number of hydrogen-bond donors (Lipinski definition) is 2. The molecule has 4 nitrogen and oxygen atoms in total. The van der Waals surface area contributed by atoms with E-state index >= 15 is 0 Å². The van der Waals surface area contributed by atoms with Crippen molar-refractivity contribution in [3.05, 3.63) is 23.8 Å². The number of ketones is 1. The van der Waals surface area contributed by atoms with Crippen LogP contribution in [0.1, 0.15) is 77.6 Å². The van der Waals surface area contributed by atoms with Crippen molar-refractivity contribution in [3.63, 3.8) is 0 Å². The Morgan fingerprint density at radius 2 is 1.96 bits per heavy atom. The minimum absolute atomic E-state index is 0.0151. The summed E-state index contributed by atoms with van der Waals surface area (Å²) in [5.41, 5.74) is 1.28. The first-order chi connectivity index (χ1) is 11.6. The molecule has 0 aromatic carbocycles. The number of carboxylic acids is 1. The monoisotopic (exact) mass is 336 g/mol. The standard InChI is InChI=1S/C20H32O4/c1-2-3-4-5-6-8-11-16-14-15-18(21)17(16)12-9-7-10-13-19(22)20(23)24/h7,9,14,17,19,22H,2-6,8,10-13,15H2,1H3,(H,23,24)/t17-,19?/m1/s1. The van der Waals surface area contributed by atoms with Crippen molar-refractivity contribution in [2.24, 2.45) is 5.92 Å². The van der Waals surface area contributed by atoms with Gasteiger partial charge in [0, 0.05) is 12.3 Å². The van der Waals surface area contributed by atoms with Crippen LogP contribution in [-0.2, 0) is 9.59 Å². The minimum atomic E-state index is -1.30. The van der Waals surface area contributed by atoms with E-state index in [1.54, 1.807) is 0 Å². The Morgan fingerprint density at radius 1 is 1.25 bits per heavy atom. The highest BCUT2D eigenvalue weighted by Crippen LogP contribution is 2.30. The molecule has 0 bridgehead atoms. The number of hydrogen-bond acceptors (Lipinski definition) is 3. The van der Waals surface area contributed by atoms with Gasteiger partial charge < -0.3 is 10.2 Å². The van der Waals surface area contributed by atoms with Gasteiger partial charge in [0.05, 0.1) is 0 Å². The summed E-state index contributed by atoms with van der Waals surface area (Å²) in [5, 5.41) is 17.8. The lowest BCUT2D eigenvalue weighted by Crippen LogP contribution is -2.18. The molecule has 0 aromatic rings. The maximum absolute atomic E-state index is 12.0. The Hall–Kier alpha value is -1.42. The molecule has 0 aromatic heterocycles. The maximum Gasteiger partial charge on any atom is 0.332 e. The van der Waals surface area contributed by atoms with E-state index in [4.69, 9.17) is 5.11 Å². The number of carbonyl (C=O) groups is 2. The van der Waals surface area contributed by atoms with Crippen LogP contribution in [0.3, 0.4) is 0 Å². The molecule has 1 rings (SSSR count). The Labute approximate surface area is 145 Å². The lowest BCUT2D eigenvalue weighted by atomic mass is 9.92. The van der Waals surface area contributed by atoms with Crippen molar-refractivity contribution >= 4 is 11.8 Å². The molecule has 0 saturated carbocycles. The average molecular weight is 336 g/mol. The summed E-state index contributed by atoms with van der Waals surface area (Å²) in [6, 6.07) is 0. The van der Waals surface area contributed by atoms with Crippen LogP contribution in [0, 0.1) is 5.92 Å². The number of allylic oxidation sites excluding steroid dienone is 4. The normalized spacial score (nSPS) is 19.0. The third-order valence-corrected chi connectivity index (χ3v) is 4.65. The van der Waals surface area contributed by atoms with E-state index in [2.05, 4.69) is 13.0 Å². The molecular weight excluding hydrogens is 304 g/mol. The first-order valence-corrected chi connectivity index (χ1v) is 9.33. The Bertz CT molecular complexity index is 451. The van der Waals surface area contributed by atoms with Gasteiger partial charge in [0.2, 0.25) is 0 Å². The van der Waals surface area contributed by atoms with Crippen molar-refractivity contribution < 1.29 is 19.8 Å². The van der Waals surface area contributed by atoms with E-state index in [1.807, 2.05) is 12.2 Å². The Balaban J connectivity index is 2.25. The topological polar surface area (TPSA) is 74.6 Å². The van der Waals surface area contributed by atoms with Gasteiger partial charge in [-0.05, 0) is 32.1 Å². The van der Waals surface area contributed by atoms with Gasteiger partial charge in [-0.3, -0.25) is 4.79 Å². The molecule has 0 heterocycles. The highest BCUT2D eigenvalue weighted by molar-refractivity contribution is 5.88. The number of aliphatic carboxylic acids is 1. The van der Waals surface area contributed by atoms with Gasteiger partial charge in [-0.1, -0.05) is 62.8 Å². The number of carboxylic acid groups (broad SMARTS) is 1. The first kappa shape index (κ1) is 20.6. The van der Waals surface area contributed by atoms with Crippen LogP contribution < -0.4 is 0 Å². The largest absolute Gasteiger partial charge is 0.479 e. The molecule has 1 aliphatic carbocycles. The minimum Gasteiger partial charge on any atom is -0.479 e. The zero-order valence-electron chi connectivity index (χ0n) is 14.9. The van der Waals surface area contributed by atoms with Crippen molar-refractivity contribution in [1.82, 2.24) is 0 Å². The fourth-order valence-electron chi connectivity index (χ4n) is 3.12. The fraction of sp³-hybridized carbons (Fsp3) is 0.700. The van der Waals surface area contributed by atoms with E-state index in [0.717, 1.165) is 12.8 Å². The summed E-state index contributed by atoms with van der Waals surface area (Å²) in [6.07, 6.45) is 15.2. The van der Waals surface area contributed by atoms with Crippen LogP contribution in [0.5, 0.6) is 0 Å². The van der Waals surface area contributed by atoms with Crippen molar-refractivity contribution in [2.75, 3.05) is 0 Å². The summed E-state index contributed by atoms with van der Waals surface area (Å²) in [5.74, 6) is -0.869. The molecule has 0 amide bonds. The molecule has 0 fully saturated rings. The van der Waals surface area contributed by atoms with Gasteiger partial charge in [0.1, 0.15) is 5.78 Å². The van der Waals surface area contributed by atoms with Gasteiger partial charge in [-0.2, -0.15) is 0 Å². The second-order valence-electron chi connectivity index (χ2n) is 6.66. The third-order valence-electron chi connectivity index (χ3n) is 4.65. The molecule has 0 aliphatic heterocycles. The zero-order chi connectivity index (χ0) is 17.8. The maximum atomic E-state index is 12.0. The molecule has 2 N–H and O–H groups in total. The smallest absolute Gasteiger partial charge is 0.332 e.